The summed E-state index contributed by atoms with van der Waals surface area (Å²) in [6.07, 6.45) is 3.07. The molecular weight excluding hydrogens is 513 g/mol. The first-order valence-corrected chi connectivity index (χ1v) is 15.2. The van der Waals surface area contributed by atoms with E-state index in [1.54, 1.807) is 18.2 Å². The molecular formula is C33H47F3N2O2. The summed E-state index contributed by atoms with van der Waals surface area (Å²) in [5.74, 6) is 1.41. The van der Waals surface area contributed by atoms with Crippen molar-refractivity contribution in [2.45, 2.75) is 82.6 Å². The molecule has 1 saturated carbocycles. The number of ether oxygens (including phenoxy) is 1. The van der Waals surface area contributed by atoms with Gasteiger partial charge in [-0.05, 0) is 75.6 Å². The molecule has 0 amide bonds. The van der Waals surface area contributed by atoms with E-state index in [4.69, 9.17) is 4.74 Å². The fourth-order valence-electron chi connectivity index (χ4n) is 6.14. The van der Waals surface area contributed by atoms with Crippen LogP contribution < -0.4 is 10.6 Å². The van der Waals surface area contributed by atoms with Crippen LogP contribution in [0.1, 0.15) is 80.6 Å². The maximum absolute atomic E-state index is 12.6. The summed E-state index contributed by atoms with van der Waals surface area (Å²) < 4.78 is 44.1. The Hall–Kier alpha value is -1.93. The van der Waals surface area contributed by atoms with Crippen LogP contribution in [0.4, 0.5) is 13.2 Å². The van der Waals surface area contributed by atoms with Gasteiger partial charge in [0.25, 0.3) is 0 Å². The maximum atomic E-state index is 12.6. The molecule has 4 nitrogen and oxygen atoms in total. The molecule has 1 aliphatic carbocycles. The van der Waals surface area contributed by atoms with Crippen molar-refractivity contribution >= 4 is 0 Å². The third-order valence-electron chi connectivity index (χ3n) is 8.69. The van der Waals surface area contributed by atoms with Gasteiger partial charge in [-0.2, -0.15) is 13.2 Å². The number of nitrogens with one attached hydrogen (secondary N) is 2. The van der Waals surface area contributed by atoms with Crippen LogP contribution in [0, 0.1) is 24.7 Å². The molecule has 0 radical (unpaired) electrons. The summed E-state index contributed by atoms with van der Waals surface area (Å²) in [7, 11) is 0. The van der Waals surface area contributed by atoms with E-state index in [0.717, 1.165) is 44.0 Å². The summed E-state index contributed by atoms with van der Waals surface area (Å²) in [6.45, 7) is 6.50. The highest BCUT2D eigenvalue weighted by atomic mass is 19.4. The molecule has 40 heavy (non-hydrogen) atoms. The van der Waals surface area contributed by atoms with Gasteiger partial charge in [0.15, 0.2) is 0 Å². The molecule has 2 aromatic rings. The Kier molecular flexibility index (Phi) is 11.5. The van der Waals surface area contributed by atoms with E-state index in [-0.39, 0.29) is 18.4 Å². The largest absolute Gasteiger partial charge is 0.389 e. The molecule has 0 aromatic heterocycles. The lowest BCUT2D eigenvalue weighted by Gasteiger charge is -2.39. The number of hydrogen-bond acceptors (Lipinski definition) is 4. The zero-order valence-electron chi connectivity index (χ0n) is 23.9. The zero-order chi connectivity index (χ0) is 28.4. The van der Waals surface area contributed by atoms with Gasteiger partial charge in [-0.3, -0.25) is 0 Å². The molecule has 0 bridgehead atoms. The Morgan fingerprint density at radius 2 is 1.62 bits per heavy atom. The van der Waals surface area contributed by atoms with Gasteiger partial charge in [-0.25, -0.2) is 0 Å². The van der Waals surface area contributed by atoms with Gasteiger partial charge in [0.1, 0.15) is 0 Å². The summed E-state index contributed by atoms with van der Waals surface area (Å²) in [5, 5.41) is 17.8. The number of rotatable bonds is 10. The van der Waals surface area contributed by atoms with E-state index in [9.17, 15) is 18.3 Å². The van der Waals surface area contributed by atoms with Gasteiger partial charge in [0.05, 0.1) is 11.7 Å². The number of halogens is 3. The molecule has 222 valence electrons. The first kappa shape index (κ1) is 31.0. The van der Waals surface area contributed by atoms with Gasteiger partial charge in [-0.15, -0.1) is 0 Å². The number of aryl methyl sites for hydroxylation is 1. The van der Waals surface area contributed by atoms with Crippen molar-refractivity contribution in [2.24, 2.45) is 17.8 Å². The number of hydrogen-bond donors (Lipinski definition) is 3. The van der Waals surface area contributed by atoms with E-state index in [1.807, 2.05) is 13.0 Å². The van der Waals surface area contributed by atoms with Crippen molar-refractivity contribution in [2.75, 3.05) is 32.8 Å². The summed E-state index contributed by atoms with van der Waals surface area (Å²) in [6, 6.07) is 18.0. The Balaban J connectivity index is 0.000000186. The second-order valence-electron chi connectivity index (χ2n) is 12.0. The molecule has 0 spiro atoms. The van der Waals surface area contributed by atoms with Crippen molar-refractivity contribution in [1.82, 2.24) is 10.6 Å². The Morgan fingerprint density at radius 3 is 2.23 bits per heavy atom. The van der Waals surface area contributed by atoms with Crippen LogP contribution in [-0.4, -0.2) is 44.1 Å². The summed E-state index contributed by atoms with van der Waals surface area (Å²) in [4.78, 5) is 0. The fraction of sp³-hybridized carbons (Fsp3) is 0.636. The first-order chi connectivity index (χ1) is 19.2. The monoisotopic (exact) mass is 560 g/mol. The predicted octanol–water partition coefficient (Wildman–Crippen LogP) is 7.07. The van der Waals surface area contributed by atoms with E-state index in [1.165, 1.54) is 44.2 Å². The molecule has 2 heterocycles. The van der Waals surface area contributed by atoms with E-state index >= 15 is 0 Å². The minimum Gasteiger partial charge on any atom is -0.385 e. The van der Waals surface area contributed by atoms with Crippen LogP contribution in [0.25, 0.3) is 0 Å². The summed E-state index contributed by atoms with van der Waals surface area (Å²) in [5.41, 5.74) is 1.48. The number of benzene rings is 2. The van der Waals surface area contributed by atoms with E-state index < -0.39 is 18.2 Å². The van der Waals surface area contributed by atoms with Gasteiger partial charge in [0.2, 0.25) is 0 Å². The lowest BCUT2D eigenvalue weighted by atomic mass is 9.74. The standard InChI is InChI=1S/C17H25NO.C16H22F3NO/c1-2-5-15(6-3-1)17(16-7-4-11-18-13-16)19-12-10-14-8-9-14;1-12-4-2-5-13(10-12)15(21,7-8-16(17,18)19)14-6-3-9-20-11-14/h1-3,5-6,14,16-18H,4,7-13H2;2,4-5,10,14,20-21H,3,6-9,11H2,1H3. The molecule has 2 saturated heterocycles. The third-order valence-corrected chi connectivity index (χ3v) is 8.69. The van der Waals surface area contributed by atoms with Crippen LogP contribution in [0.2, 0.25) is 0 Å². The SMILES string of the molecule is Cc1cccc(C(O)(CCC(F)(F)F)C2CCCNC2)c1.c1ccc(C(OCCC2CC2)C2CCCNC2)cc1. The maximum Gasteiger partial charge on any atom is 0.389 e. The number of piperidine rings is 2. The van der Waals surface area contributed by atoms with Crippen molar-refractivity contribution < 1.29 is 23.0 Å². The highest BCUT2D eigenvalue weighted by molar-refractivity contribution is 5.28. The minimum atomic E-state index is -4.25. The van der Waals surface area contributed by atoms with Crippen LogP contribution in [0.3, 0.4) is 0 Å². The topological polar surface area (TPSA) is 53.5 Å². The first-order valence-electron chi connectivity index (χ1n) is 15.2. The van der Waals surface area contributed by atoms with Crippen molar-refractivity contribution in [3.8, 4) is 0 Å². The fourth-order valence-corrected chi connectivity index (χ4v) is 6.14. The van der Waals surface area contributed by atoms with Gasteiger partial charge >= 0.3 is 6.18 Å². The van der Waals surface area contributed by atoms with E-state index in [2.05, 4.69) is 41.0 Å². The van der Waals surface area contributed by atoms with Crippen molar-refractivity contribution in [3.63, 3.8) is 0 Å². The van der Waals surface area contributed by atoms with Crippen molar-refractivity contribution in [3.05, 3.63) is 71.3 Å². The average molecular weight is 561 g/mol. The van der Waals surface area contributed by atoms with Crippen LogP contribution in [0.5, 0.6) is 0 Å². The molecule has 4 atom stereocenters. The molecule has 4 unspecified atom stereocenters. The molecule has 5 rings (SSSR count). The Morgan fingerprint density at radius 1 is 0.900 bits per heavy atom. The van der Waals surface area contributed by atoms with Gasteiger partial charge in [0, 0.05) is 38.0 Å². The van der Waals surface area contributed by atoms with Crippen LogP contribution in [0.15, 0.2) is 54.6 Å². The highest BCUT2D eigenvalue weighted by Gasteiger charge is 2.42. The minimum absolute atomic E-state index is 0.185. The van der Waals surface area contributed by atoms with E-state index in [0.29, 0.717) is 18.0 Å². The summed E-state index contributed by atoms with van der Waals surface area (Å²) >= 11 is 0. The average Bonchev–Trinajstić information content (AvgIpc) is 3.80. The Bertz CT molecular complexity index is 1000. The van der Waals surface area contributed by atoms with Crippen molar-refractivity contribution in [1.29, 1.82) is 0 Å². The second-order valence-corrected chi connectivity index (χ2v) is 12.0. The number of aliphatic hydroxyl groups is 1. The normalized spacial score (nSPS) is 23.9. The smallest absolute Gasteiger partial charge is 0.385 e. The molecule has 3 aliphatic rings. The molecule has 2 aliphatic heterocycles. The van der Waals surface area contributed by atoms with Gasteiger partial charge in [-0.1, -0.05) is 73.0 Å². The molecule has 3 fully saturated rings. The zero-order valence-corrected chi connectivity index (χ0v) is 23.9. The molecule has 7 heteroatoms. The Labute approximate surface area is 238 Å². The molecule has 3 N–H and O–H groups in total. The number of alkyl halides is 3. The van der Waals surface area contributed by atoms with Crippen LogP contribution in [-0.2, 0) is 10.3 Å². The van der Waals surface area contributed by atoms with Gasteiger partial charge < -0.3 is 20.5 Å². The van der Waals surface area contributed by atoms with Crippen LogP contribution >= 0.6 is 0 Å². The lowest BCUT2D eigenvalue weighted by molar-refractivity contribution is -0.154. The second kappa shape index (κ2) is 14.8. The quantitative estimate of drug-likeness (QED) is 0.291. The lowest BCUT2D eigenvalue weighted by Crippen LogP contribution is -2.44. The predicted molar refractivity (Wildman–Crippen MR) is 154 cm³/mol. The highest BCUT2D eigenvalue weighted by Crippen LogP contribution is 2.40. The molecule has 2 aromatic carbocycles. The third kappa shape index (κ3) is 9.57.